The van der Waals surface area contributed by atoms with Crippen LogP contribution in [0.3, 0.4) is 0 Å². The van der Waals surface area contributed by atoms with Gasteiger partial charge in [0.25, 0.3) is 0 Å². The van der Waals surface area contributed by atoms with Crippen LogP contribution < -0.4 is 10.1 Å². The van der Waals surface area contributed by atoms with Crippen molar-refractivity contribution in [2.75, 3.05) is 13.7 Å². The van der Waals surface area contributed by atoms with Gasteiger partial charge in [0.15, 0.2) is 0 Å². The van der Waals surface area contributed by atoms with Gasteiger partial charge in [-0.05, 0) is 30.0 Å². The number of hydrogen-bond acceptors (Lipinski definition) is 2. The molecule has 1 saturated heterocycles. The first-order chi connectivity index (χ1) is 7.37. The van der Waals surface area contributed by atoms with Gasteiger partial charge in [-0.15, -0.1) is 0 Å². The van der Waals surface area contributed by atoms with Crippen molar-refractivity contribution in [2.45, 2.75) is 38.6 Å². The molecular weight excluding hydrogens is 198 g/mol. The van der Waals surface area contributed by atoms with E-state index < -0.39 is 0 Å². The lowest BCUT2D eigenvalue weighted by molar-refractivity contribution is 0.404. The molecule has 1 aromatic rings. The summed E-state index contributed by atoms with van der Waals surface area (Å²) in [6.45, 7) is 9.97. The van der Waals surface area contributed by atoms with Gasteiger partial charge >= 0.3 is 0 Å². The fourth-order valence-corrected chi connectivity index (χ4v) is 1.93. The zero-order chi connectivity index (χ0) is 12.0. The van der Waals surface area contributed by atoms with Crippen molar-refractivity contribution in [3.63, 3.8) is 0 Å². The molecule has 2 rings (SSSR count). The maximum atomic E-state index is 5.44. The predicted octanol–water partition coefficient (Wildman–Crippen LogP) is 2.81. The van der Waals surface area contributed by atoms with Gasteiger partial charge in [0.05, 0.1) is 12.6 Å². The van der Waals surface area contributed by atoms with Crippen LogP contribution in [-0.4, -0.2) is 13.7 Å². The molecule has 0 saturated carbocycles. The van der Waals surface area contributed by atoms with Gasteiger partial charge in [-0.2, -0.15) is 0 Å². The Morgan fingerprint density at radius 3 is 2.38 bits per heavy atom. The SMILES string of the molecule is COc1ccc(C(C)(C)C)cc1C1(C)CN1. The monoisotopic (exact) mass is 219 g/mol. The Balaban J connectivity index is 2.48. The molecule has 0 aliphatic carbocycles. The van der Waals surface area contributed by atoms with Crippen molar-refractivity contribution in [2.24, 2.45) is 0 Å². The average Bonchev–Trinajstić information content (AvgIpc) is 2.95. The van der Waals surface area contributed by atoms with Crippen molar-refractivity contribution in [3.05, 3.63) is 29.3 Å². The van der Waals surface area contributed by atoms with Gasteiger partial charge in [-0.1, -0.05) is 26.8 Å². The van der Waals surface area contributed by atoms with Crippen LogP contribution in [0, 0.1) is 0 Å². The lowest BCUT2D eigenvalue weighted by Crippen LogP contribution is -2.15. The molecule has 1 aromatic carbocycles. The first kappa shape index (κ1) is 11.5. The Morgan fingerprint density at radius 2 is 1.94 bits per heavy atom. The largest absolute Gasteiger partial charge is 0.496 e. The van der Waals surface area contributed by atoms with Gasteiger partial charge < -0.3 is 10.1 Å². The number of hydrogen-bond donors (Lipinski definition) is 1. The zero-order valence-electron chi connectivity index (χ0n) is 10.8. The van der Waals surface area contributed by atoms with Crippen LogP contribution in [0.15, 0.2) is 18.2 Å². The third kappa shape index (κ3) is 1.94. The lowest BCUT2D eigenvalue weighted by Gasteiger charge is -2.22. The predicted molar refractivity (Wildman–Crippen MR) is 67.0 cm³/mol. The second-order valence-corrected chi connectivity index (χ2v) is 5.85. The Hall–Kier alpha value is -1.02. The Labute approximate surface area is 98.0 Å². The molecule has 1 aliphatic rings. The van der Waals surface area contributed by atoms with E-state index in [1.807, 2.05) is 0 Å². The molecule has 2 nitrogen and oxygen atoms in total. The fraction of sp³-hybridized carbons (Fsp3) is 0.571. The molecule has 1 fully saturated rings. The van der Waals surface area contributed by atoms with Crippen LogP contribution in [0.25, 0.3) is 0 Å². The molecule has 1 unspecified atom stereocenters. The highest BCUT2D eigenvalue weighted by atomic mass is 16.5. The fourth-order valence-electron chi connectivity index (χ4n) is 1.93. The van der Waals surface area contributed by atoms with E-state index in [0.717, 1.165) is 12.3 Å². The lowest BCUT2D eigenvalue weighted by atomic mass is 9.84. The highest BCUT2D eigenvalue weighted by Gasteiger charge is 2.41. The minimum atomic E-state index is 0.118. The molecular formula is C14H21NO. The molecule has 1 aliphatic heterocycles. The summed E-state index contributed by atoms with van der Waals surface area (Å²) in [5.41, 5.74) is 2.94. The molecule has 16 heavy (non-hydrogen) atoms. The molecule has 0 amide bonds. The zero-order valence-corrected chi connectivity index (χ0v) is 10.8. The quantitative estimate of drug-likeness (QED) is 0.775. The van der Waals surface area contributed by atoms with E-state index in [2.05, 4.69) is 51.2 Å². The number of rotatable bonds is 2. The standard InChI is InChI=1S/C14H21NO/c1-13(2,3)10-6-7-12(16-5)11(8-10)14(4)9-15-14/h6-8,15H,9H2,1-5H3. The van der Waals surface area contributed by atoms with Crippen LogP contribution in [0.2, 0.25) is 0 Å². The maximum absolute atomic E-state index is 5.44. The number of benzene rings is 1. The third-order valence-corrected chi connectivity index (χ3v) is 3.37. The van der Waals surface area contributed by atoms with E-state index >= 15 is 0 Å². The van der Waals surface area contributed by atoms with Crippen LogP contribution in [0.4, 0.5) is 0 Å². The molecule has 1 N–H and O–H groups in total. The Kier molecular flexibility index (Phi) is 2.50. The minimum absolute atomic E-state index is 0.118. The van der Waals surface area contributed by atoms with E-state index in [-0.39, 0.29) is 11.0 Å². The summed E-state index contributed by atoms with van der Waals surface area (Å²) < 4.78 is 5.44. The van der Waals surface area contributed by atoms with Crippen molar-refractivity contribution >= 4 is 0 Å². The smallest absolute Gasteiger partial charge is 0.123 e. The summed E-state index contributed by atoms with van der Waals surface area (Å²) in [5.74, 6) is 0.987. The maximum Gasteiger partial charge on any atom is 0.123 e. The van der Waals surface area contributed by atoms with Gasteiger partial charge in [-0.3, -0.25) is 0 Å². The molecule has 0 spiro atoms. The van der Waals surface area contributed by atoms with Crippen LogP contribution in [-0.2, 0) is 11.0 Å². The van der Waals surface area contributed by atoms with Crippen LogP contribution in [0.1, 0.15) is 38.8 Å². The first-order valence-corrected chi connectivity index (χ1v) is 5.81. The summed E-state index contributed by atoms with van der Waals surface area (Å²) >= 11 is 0. The topological polar surface area (TPSA) is 31.2 Å². The normalized spacial score (nSPS) is 24.3. The molecule has 0 radical (unpaired) electrons. The van der Waals surface area contributed by atoms with Crippen molar-refractivity contribution in [1.82, 2.24) is 5.32 Å². The van der Waals surface area contributed by atoms with Crippen molar-refractivity contribution < 1.29 is 4.74 Å². The first-order valence-electron chi connectivity index (χ1n) is 5.81. The van der Waals surface area contributed by atoms with E-state index in [1.54, 1.807) is 7.11 Å². The van der Waals surface area contributed by atoms with Gasteiger partial charge in [-0.25, -0.2) is 0 Å². The van der Waals surface area contributed by atoms with E-state index in [9.17, 15) is 0 Å². The van der Waals surface area contributed by atoms with E-state index in [4.69, 9.17) is 4.74 Å². The highest BCUT2D eigenvalue weighted by Crippen LogP contribution is 2.38. The minimum Gasteiger partial charge on any atom is -0.496 e. The third-order valence-electron chi connectivity index (χ3n) is 3.37. The summed E-state index contributed by atoms with van der Waals surface area (Å²) in [6.07, 6.45) is 0. The van der Waals surface area contributed by atoms with Gasteiger partial charge in [0.1, 0.15) is 5.75 Å². The van der Waals surface area contributed by atoms with Gasteiger partial charge in [0.2, 0.25) is 0 Å². The molecule has 0 aromatic heterocycles. The Morgan fingerprint density at radius 1 is 1.31 bits per heavy atom. The number of methoxy groups -OCH3 is 1. The van der Waals surface area contributed by atoms with Crippen LogP contribution in [0.5, 0.6) is 5.75 Å². The molecule has 88 valence electrons. The van der Waals surface area contributed by atoms with Crippen LogP contribution >= 0.6 is 0 Å². The second-order valence-electron chi connectivity index (χ2n) is 5.85. The summed E-state index contributed by atoms with van der Waals surface area (Å²) in [5, 5.41) is 3.40. The summed E-state index contributed by atoms with van der Waals surface area (Å²) in [7, 11) is 1.74. The second kappa shape index (κ2) is 3.49. The summed E-state index contributed by atoms with van der Waals surface area (Å²) in [4.78, 5) is 0. The molecule has 0 bridgehead atoms. The molecule has 1 atom stereocenters. The van der Waals surface area contributed by atoms with E-state index in [0.29, 0.717) is 0 Å². The number of nitrogens with one attached hydrogen (secondary N) is 1. The molecule has 1 heterocycles. The Bertz CT molecular complexity index is 400. The van der Waals surface area contributed by atoms with Crippen molar-refractivity contribution in [3.8, 4) is 5.75 Å². The average molecular weight is 219 g/mol. The molecule has 2 heteroatoms. The van der Waals surface area contributed by atoms with Gasteiger partial charge in [0, 0.05) is 12.1 Å². The highest BCUT2D eigenvalue weighted by molar-refractivity contribution is 5.46. The van der Waals surface area contributed by atoms with Crippen molar-refractivity contribution in [1.29, 1.82) is 0 Å². The van der Waals surface area contributed by atoms with E-state index in [1.165, 1.54) is 11.1 Å². The number of ether oxygens (including phenoxy) is 1. The summed E-state index contributed by atoms with van der Waals surface area (Å²) in [6, 6.07) is 6.52.